The third-order valence-electron chi connectivity index (χ3n) is 5.01. The zero-order valence-corrected chi connectivity index (χ0v) is 14.8. The van der Waals surface area contributed by atoms with E-state index in [9.17, 15) is 4.79 Å². The lowest BCUT2D eigenvalue weighted by molar-refractivity contribution is 0.0705. The zero-order valence-electron chi connectivity index (χ0n) is 14.8. The van der Waals surface area contributed by atoms with Crippen LogP contribution in [0.1, 0.15) is 15.9 Å². The average molecular weight is 354 g/mol. The maximum atomic E-state index is 11.3. The number of nitrogens with zero attached hydrogens (tertiary/aromatic N) is 5. The Bertz CT molecular complexity index is 810. The highest BCUT2D eigenvalue weighted by Crippen LogP contribution is 2.39. The SMILES string of the molecule is CN(C)Cc1cccc(N2C[C@@H]3C2CN3c2ncc(C(=O)NO)cn2)c1. The van der Waals surface area contributed by atoms with Gasteiger partial charge in [0.1, 0.15) is 0 Å². The van der Waals surface area contributed by atoms with Crippen molar-refractivity contribution >= 4 is 17.5 Å². The van der Waals surface area contributed by atoms with Crippen LogP contribution in [-0.4, -0.2) is 65.3 Å². The summed E-state index contributed by atoms with van der Waals surface area (Å²) in [5.41, 5.74) is 4.40. The minimum absolute atomic E-state index is 0.237. The second-order valence-corrected chi connectivity index (χ2v) is 7.06. The molecule has 8 nitrogen and oxygen atoms in total. The molecule has 4 rings (SSSR count). The predicted octanol–water partition coefficient (Wildman–Crippen LogP) is 0.735. The molecule has 2 aliphatic heterocycles. The first-order valence-electron chi connectivity index (χ1n) is 8.60. The van der Waals surface area contributed by atoms with E-state index in [0.29, 0.717) is 18.0 Å². The van der Waals surface area contributed by atoms with Crippen LogP contribution in [0.3, 0.4) is 0 Å². The Morgan fingerprint density at radius 3 is 2.54 bits per heavy atom. The number of fused-ring (bicyclic) bond motifs is 1. The van der Waals surface area contributed by atoms with Gasteiger partial charge in [0.15, 0.2) is 0 Å². The maximum absolute atomic E-state index is 11.3. The summed E-state index contributed by atoms with van der Waals surface area (Å²) in [5, 5.41) is 8.64. The van der Waals surface area contributed by atoms with Gasteiger partial charge in [-0.25, -0.2) is 15.4 Å². The van der Waals surface area contributed by atoms with Crippen molar-refractivity contribution in [2.45, 2.75) is 18.6 Å². The van der Waals surface area contributed by atoms with Crippen LogP contribution < -0.4 is 15.3 Å². The highest BCUT2D eigenvalue weighted by Gasteiger charge is 2.52. The summed E-state index contributed by atoms with van der Waals surface area (Å²) < 4.78 is 0. The number of amides is 1. The fraction of sp³-hybridized carbons (Fsp3) is 0.389. The number of hydroxylamine groups is 1. The Morgan fingerprint density at radius 2 is 1.92 bits per heavy atom. The van der Waals surface area contributed by atoms with Gasteiger partial charge in [-0.1, -0.05) is 12.1 Å². The van der Waals surface area contributed by atoms with Crippen LogP contribution in [0.5, 0.6) is 0 Å². The molecule has 26 heavy (non-hydrogen) atoms. The fourth-order valence-electron chi connectivity index (χ4n) is 3.63. The van der Waals surface area contributed by atoms with Crippen molar-refractivity contribution < 1.29 is 10.0 Å². The van der Waals surface area contributed by atoms with Gasteiger partial charge in [0.25, 0.3) is 5.91 Å². The van der Waals surface area contributed by atoms with Crippen LogP contribution in [0, 0.1) is 0 Å². The van der Waals surface area contributed by atoms with Crippen LogP contribution in [0.4, 0.5) is 11.6 Å². The van der Waals surface area contributed by atoms with E-state index in [1.165, 1.54) is 23.6 Å². The van der Waals surface area contributed by atoms with Crippen molar-refractivity contribution in [2.24, 2.45) is 0 Å². The summed E-state index contributed by atoms with van der Waals surface area (Å²) in [6.45, 7) is 2.75. The third-order valence-corrected chi connectivity index (χ3v) is 5.01. The van der Waals surface area contributed by atoms with Gasteiger partial charge in [-0.05, 0) is 31.8 Å². The van der Waals surface area contributed by atoms with E-state index >= 15 is 0 Å². The van der Waals surface area contributed by atoms with E-state index in [-0.39, 0.29) is 5.56 Å². The summed E-state index contributed by atoms with van der Waals surface area (Å²) in [6, 6.07) is 9.59. The molecular weight excluding hydrogens is 332 g/mol. The molecule has 0 saturated carbocycles. The van der Waals surface area contributed by atoms with Gasteiger partial charge in [0, 0.05) is 37.7 Å². The smallest absolute Gasteiger partial charge is 0.277 e. The minimum Gasteiger partial charge on any atom is -0.362 e. The van der Waals surface area contributed by atoms with Crippen LogP contribution in [0.25, 0.3) is 0 Å². The molecule has 2 aromatic rings. The molecule has 0 spiro atoms. The van der Waals surface area contributed by atoms with Gasteiger partial charge in [0.05, 0.1) is 17.6 Å². The van der Waals surface area contributed by atoms with Crippen LogP contribution in [-0.2, 0) is 6.54 Å². The Labute approximate surface area is 152 Å². The molecule has 3 heterocycles. The van der Waals surface area contributed by atoms with Crippen molar-refractivity contribution in [1.82, 2.24) is 20.3 Å². The standard InChI is InChI=1S/C18H22N6O2/c1-22(2)9-12-4-3-5-14(6-12)23-10-16-15(23)11-24(16)18-19-7-13(8-20-18)17(25)21-26/h3-8,15-16,26H,9-11H2,1-2H3,(H,21,25)/t15?,16-/m1/s1. The van der Waals surface area contributed by atoms with Crippen molar-refractivity contribution in [2.75, 3.05) is 37.0 Å². The molecule has 136 valence electrons. The molecule has 2 atom stereocenters. The van der Waals surface area contributed by atoms with Gasteiger partial charge >= 0.3 is 0 Å². The minimum atomic E-state index is -0.606. The van der Waals surface area contributed by atoms with E-state index < -0.39 is 5.91 Å². The van der Waals surface area contributed by atoms with Gasteiger partial charge in [-0.2, -0.15) is 0 Å². The van der Waals surface area contributed by atoms with Crippen molar-refractivity contribution in [1.29, 1.82) is 0 Å². The lowest BCUT2D eigenvalue weighted by Crippen LogP contribution is -2.79. The monoisotopic (exact) mass is 354 g/mol. The third kappa shape index (κ3) is 2.87. The largest absolute Gasteiger partial charge is 0.362 e. The Hall–Kier alpha value is -2.71. The van der Waals surface area contributed by atoms with E-state index in [1.807, 2.05) is 0 Å². The molecule has 2 N–H and O–H groups in total. The topological polar surface area (TPSA) is 84.8 Å². The predicted molar refractivity (Wildman–Crippen MR) is 97.4 cm³/mol. The molecule has 1 amide bonds. The zero-order chi connectivity index (χ0) is 18.3. The van der Waals surface area contributed by atoms with Crippen molar-refractivity contribution in [3.05, 3.63) is 47.8 Å². The van der Waals surface area contributed by atoms with E-state index in [4.69, 9.17) is 5.21 Å². The highest BCUT2D eigenvalue weighted by atomic mass is 16.5. The number of aromatic nitrogens is 2. The number of carbonyl (C=O) groups is 1. The molecular formula is C18H22N6O2. The summed E-state index contributed by atoms with van der Waals surface area (Å²) in [6.07, 6.45) is 2.87. The number of rotatable bonds is 5. The summed E-state index contributed by atoms with van der Waals surface area (Å²) in [5.74, 6) is 0.0206. The van der Waals surface area contributed by atoms with E-state index in [1.54, 1.807) is 5.48 Å². The molecule has 0 aliphatic carbocycles. The quantitative estimate of drug-likeness (QED) is 0.605. The number of hydrogen-bond donors (Lipinski definition) is 2. The number of nitrogens with one attached hydrogen (secondary N) is 1. The second-order valence-electron chi connectivity index (χ2n) is 7.06. The molecule has 8 heteroatoms. The molecule has 2 saturated heterocycles. The normalized spacial score (nSPS) is 21.1. The van der Waals surface area contributed by atoms with Crippen molar-refractivity contribution in [3.63, 3.8) is 0 Å². The molecule has 0 radical (unpaired) electrons. The first kappa shape index (κ1) is 16.7. The van der Waals surface area contributed by atoms with Crippen molar-refractivity contribution in [3.8, 4) is 0 Å². The number of benzene rings is 1. The average Bonchev–Trinajstić information content (AvgIpc) is 2.62. The molecule has 1 aromatic carbocycles. The molecule has 2 fully saturated rings. The first-order chi connectivity index (χ1) is 12.6. The molecule has 2 aliphatic rings. The Kier molecular flexibility index (Phi) is 4.21. The van der Waals surface area contributed by atoms with Gasteiger partial charge in [0.2, 0.25) is 5.95 Å². The molecule has 1 aromatic heterocycles. The first-order valence-corrected chi connectivity index (χ1v) is 8.60. The Balaban J connectivity index is 1.40. The van der Waals surface area contributed by atoms with Crippen LogP contribution in [0.2, 0.25) is 0 Å². The summed E-state index contributed by atoms with van der Waals surface area (Å²) >= 11 is 0. The van der Waals surface area contributed by atoms with Crippen LogP contribution >= 0.6 is 0 Å². The number of carbonyl (C=O) groups excluding carboxylic acids is 1. The Morgan fingerprint density at radius 1 is 1.23 bits per heavy atom. The lowest BCUT2D eigenvalue weighted by Gasteiger charge is -2.62. The van der Waals surface area contributed by atoms with Gasteiger partial charge in [-0.15, -0.1) is 0 Å². The van der Waals surface area contributed by atoms with Gasteiger partial charge < -0.3 is 14.7 Å². The molecule has 1 unspecified atom stereocenters. The number of piperazine rings is 1. The van der Waals surface area contributed by atoms with Crippen LogP contribution in [0.15, 0.2) is 36.7 Å². The molecule has 0 bridgehead atoms. The second kappa shape index (κ2) is 6.54. The highest BCUT2D eigenvalue weighted by molar-refractivity contribution is 5.92. The summed E-state index contributed by atoms with van der Waals surface area (Å²) in [4.78, 5) is 26.6. The maximum Gasteiger partial charge on any atom is 0.277 e. The summed E-state index contributed by atoms with van der Waals surface area (Å²) in [7, 11) is 4.15. The van der Waals surface area contributed by atoms with Gasteiger partial charge in [-0.3, -0.25) is 10.0 Å². The van der Waals surface area contributed by atoms with E-state index in [0.717, 1.165) is 19.6 Å². The lowest BCUT2D eigenvalue weighted by atomic mass is 9.85. The number of anilines is 2. The van der Waals surface area contributed by atoms with E-state index in [2.05, 4.69) is 63.0 Å². The fourth-order valence-corrected chi connectivity index (χ4v) is 3.63. The number of hydrogen-bond acceptors (Lipinski definition) is 7.